The van der Waals surface area contributed by atoms with Crippen LogP contribution in [0.2, 0.25) is 0 Å². The van der Waals surface area contributed by atoms with Crippen LogP contribution in [-0.2, 0) is 17.8 Å². The van der Waals surface area contributed by atoms with Gasteiger partial charge >= 0.3 is 0 Å². The molecule has 0 radical (unpaired) electrons. The Bertz CT molecular complexity index is 1200. The maximum absolute atomic E-state index is 12.9. The molecule has 2 N–H and O–H groups in total. The molecule has 0 saturated carbocycles. The number of rotatable bonds is 5. The number of amides is 1. The van der Waals surface area contributed by atoms with E-state index in [4.69, 9.17) is 4.74 Å². The molecule has 1 atom stereocenters. The number of anilines is 1. The van der Waals surface area contributed by atoms with E-state index >= 15 is 0 Å². The Kier molecular flexibility index (Phi) is 5.04. The molecule has 1 amide bonds. The van der Waals surface area contributed by atoms with Gasteiger partial charge in [-0.1, -0.05) is 18.2 Å². The Morgan fingerprint density at radius 3 is 2.84 bits per heavy atom. The van der Waals surface area contributed by atoms with Crippen LogP contribution in [0.25, 0.3) is 5.65 Å². The maximum atomic E-state index is 12.9. The molecular formula is C25H23N3O3. The number of nitrogens with one attached hydrogen (secondary N) is 1. The second-order valence-electron chi connectivity index (χ2n) is 7.79. The Hall–Kier alpha value is -3.80. The number of fused-ring (bicyclic) bond motifs is 2. The molecule has 2 aromatic heterocycles. The Morgan fingerprint density at radius 2 is 2.00 bits per heavy atom. The molecule has 0 fully saturated rings. The number of imidazole rings is 1. The second-order valence-corrected chi connectivity index (χ2v) is 7.79. The van der Waals surface area contributed by atoms with Crippen LogP contribution in [0, 0.1) is 0 Å². The molecule has 0 spiro atoms. The first-order valence-electron chi connectivity index (χ1n) is 10.4. The van der Waals surface area contributed by atoms with Gasteiger partial charge in [0.2, 0.25) is 5.91 Å². The summed E-state index contributed by atoms with van der Waals surface area (Å²) in [6.07, 6.45) is 6.38. The molecular weight excluding hydrogens is 390 g/mol. The zero-order valence-corrected chi connectivity index (χ0v) is 17.0. The standard InChI is InChI=1S/C25H23N3O3/c29-23-8-4-5-20-21(23)6-3-7-22(20)25(30)27-17-10-12-19(13-11-17)31-16-18-15-28-14-2-1-9-24(28)26-18/h1-2,4-5,8-15,22,29H,3,6-7,16H2,(H,27,30)/t22-/m0/s1. The lowest BCUT2D eigenvalue weighted by Crippen LogP contribution is -2.24. The van der Waals surface area contributed by atoms with Crippen LogP contribution < -0.4 is 10.1 Å². The fraction of sp³-hybridized carbons (Fsp3) is 0.200. The second kappa shape index (κ2) is 8.14. The average molecular weight is 413 g/mol. The number of pyridine rings is 1. The number of carbonyl (C=O) groups is 1. The monoisotopic (exact) mass is 413 g/mol. The summed E-state index contributed by atoms with van der Waals surface area (Å²) in [5.41, 5.74) is 4.28. The van der Waals surface area contributed by atoms with Gasteiger partial charge in [-0.05, 0) is 72.9 Å². The van der Waals surface area contributed by atoms with Gasteiger partial charge in [0.1, 0.15) is 23.8 Å². The van der Waals surface area contributed by atoms with Crippen molar-refractivity contribution in [3.05, 3.63) is 89.9 Å². The lowest BCUT2D eigenvalue weighted by atomic mass is 9.82. The first-order valence-corrected chi connectivity index (χ1v) is 10.4. The number of ether oxygens (including phenoxy) is 1. The molecule has 0 saturated heterocycles. The van der Waals surface area contributed by atoms with Crippen molar-refractivity contribution in [2.75, 3.05) is 5.32 Å². The van der Waals surface area contributed by atoms with Gasteiger partial charge in [0.05, 0.1) is 11.6 Å². The molecule has 5 rings (SSSR count). The highest BCUT2D eigenvalue weighted by Crippen LogP contribution is 2.36. The van der Waals surface area contributed by atoms with Gasteiger partial charge in [0.15, 0.2) is 0 Å². The molecule has 0 bridgehead atoms. The summed E-state index contributed by atoms with van der Waals surface area (Å²) in [4.78, 5) is 17.4. The van der Waals surface area contributed by atoms with E-state index in [0.29, 0.717) is 12.4 Å². The van der Waals surface area contributed by atoms with Crippen molar-refractivity contribution in [3.63, 3.8) is 0 Å². The number of aromatic nitrogens is 2. The third kappa shape index (κ3) is 3.97. The third-order valence-corrected chi connectivity index (χ3v) is 5.72. The van der Waals surface area contributed by atoms with Crippen LogP contribution in [0.3, 0.4) is 0 Å². The van der Waals surface area contributed by atoms with E-state index < -0.39 is 0 Å². The number of carbonyl (C=O) groups excluding carboxylic acids is 1. The quantitative estimate of drug-likeness (QED) is 0.498. The fourth-order valence-corrected chi connectivity index (χ4v) is 4.18. The van der Waals surface area contributed by atoms with Gasteiger partial charge in [0.25, 0.3) is 0 Å². The minimum Gasteiger partial charge on any atom is -0.508 e. The summed E-state index contributed by atoms with van der Waals surface area (Å²) in [7, 11) is 0. The number of hydrogen-bond acceptors (Lipinski definition) is 4. The largest absolute Gasteiger partial charge is 0.508 e. The van der Waals surface area contributed by atoms with Crippen molar-refractivity contribution in [1.29, 1.82) is 0 Å². The van der Waals surface area contributed by atoms with E-state index in [2.05, 4.69) is 10.3 Å². The minimum absolute atomic E-state index is 0.0510. The van der Waals surface area contributed by atoms with Crippen LogP contribution in [0.5, 0.6) is 11.5 Å². The van der Waals surface area contributed by atoms with Crippen LogP contribution >= 0.6 is 0 Å². The first-order chi connectivity index (χ1) is 15.2. The van der Waals surface area contributed by atoms with Crippen LogP contribution in [0.15, 0.2) is 73.1 Å². The van der Waals surface area contributed by atoms with Gasteiger partial charge in [0, 0.05) is 18.1 Å². The molecule has 0 unspecified atom stereocenters. The third-order valence-electron chi connectivity index (χ3n) is 5.72. The number of aromatic hydroxyl groups is 1. The van der Waals surface area contributed by atoms with Crippen molar-refractivity contribution >= 4 is 17.2 Å². The fourth-order valence-electron chi connectivity index (χ4n) is 4.18. The topological polar surface area (TPSA) is 75.9 Å². The Labute approximate surface area is 180 Å². The van der Waals surface area contributed by atoms with Crippen LogP contribution in [0.4, 0.5) is 5.69 Å². The molecule has 1 aliphatic rings. The van der Waals surface area contributed by atoms with Gasteiger partial charge < -0.3 is 19.6 Å². The molecule has 4 aromatic rings. The smallest absolute Gasteiger partial charge is 0.231 e. The highest BCUT2D eigenvalue weighted by Gasteiger charge is 2.27. The van der Waals surface area contributed by atoms with Crippen molar-refractivity contribution in [1.82, 2.24) is 9.38 Å². The number of phenolic OH excluding ortho intramolecular Hbond substituents is 1. The highest BCUT2D eigenvalue weighted by atomic mass is 16.5. The van der Waals surface area contributed by atoms with Gasteiger partial charge in [-0.25, -0.2) is 4.98 Å². The van der Waals surface area contributed by atoms with Crippen molar-refractivity contribution in [3.8, 4) is 11.5 Å². The van der Waals surface area contributed by atoms with Crippen molar-refractivity contribution < 1.29 is 14.6 Å². The van der Waals surface area contributed by atoms with E-state index in [1.807, 2.05) is 65.3 Å². The van der Waals surface area contributed by atoms with Crippen molar-refractivity contribution in [2.24, 2.45) is 0 Å². The summed E-state index contributed by atoms with van der Waals surface area (Å²) in [6, 6.07) is 18.6. The van der Waals surface area contributed by atoms with E-state index in [1.54, 1.807) is 12.1 Å². The zero-order valence-electron chi connectivity index (χ0n) is 17.0. The highest BCUT2D eigenvalue weighted by molar-refractivity contribution is 5.96. The lowest BCUT2D eigenvalue weighted by Gasteiger charge is -2.25. The van der Waals surface area contributed by atoms with E-state index in [0.717, 1.165) is 47.4 Å². The molecule has 6 nitrogen and oxygen atoms in total. The predicted octanol–water partition coefficient (Wildman–Crippen LogP) is 4.68. The predicted molar refractivity (Wildman–Crippen MR) is 118 cm³/mol. The molecule has 2 aromatic carbocycles. The summed E-state index contributed by atoms with van der Waals surface area (Å²) in [5, 5.41) is 13.1. The summed E-state index contributed by atoms with van der Waals surface area (Å²) < 4.78 is 7.80. The molecule has 6 heteroatoms. The van der Waals surface area contributed by atoms with E-state index in [1.165, 1.54) is 0 Å². The lowest BCUT2D eigenvalue weighted by molar-refractivity contribution is -0.117. The zero-order chi connectivity index (χ0) is 21.2. The van der Waals surface area contributed by atoms with Crippen LogP contribution in [0.1, 0.15) is 35.6 Å². The number of nitrogens with zero attached hydrogens (tertiary/aromatic N) is 2. The van der Waals surface area contributed by atoms with E-state index in [9.17, 15) is 9.90 Å². The van der Waals surface area contributed by atoms with Gasteiger partial charge in [-0.15, -0.1) is 0 Å². The number of hydrogen-bond donors (Lipinski definition) is 2. The van der Waals surface area contributed by atoms with E-state index in [-0.39, 0.29) is 17.6 Å². The van der Waals surface area contributed by atoms with Crippen LogP contribution in [-0.4, -0.2) is 20.4 Å². The summed E-state index contributed by atoms with van der Waals surface area (Å²) in [5.74, 6) is 0.692. The molecule has 1 aliphatic carbocycles. The Balaban J connectivity index is 1.22. The van der Waals surface area contributed by atoms with Gasteiger partial charge in [-0.2, -0.15) is 0 Å². The Morgan fingerprint density at radius 1 is 1.13 bits per heavy atom. The SMILES string of the molecule is O=C(Nc1ccc(OCc2cn3ccccc3n2)cc1)[C@H]1CCCc2c(O)cccc21. The number of benzene rings is 2. The molecule has 31 heavy (non-hydrogen) atoms. The minimum atomic E-state index is -0.248. The summed E-state index contributed by atoms with van der Waals surface area (Å²) >= 11 is 0. The number of phenols is 1. The first kappa shape index (κ1) is 19.2. The molecule has 2 heterocycles. The molecule has 0 aliphatic heterocycles. The maximum Gasteiger partial charge on any atom is 0.231 e. The normalized spacial score (nSPS) is 15.4. The summed E-state index contributed by atoms with van der Waals surface area (Å²) in [6.45, 7) is 0.371. The van der Waals surface area contributed by atoms with Crippen molar-refractivity contribution in [2.45, 2.75) is 31.8 Å². The van der Waals surface area contributed by atoms with Gasteiger partial charge in [-0.3, -0.25) is 4.79 Å². The molecule has 156 valence electrons. The average Bonchev–Trinajstić information content (AvgIpc) is 3.22.